The average molecular weight is 280 g/mol. The molecule has 0 spiro atoms. The Balaban J connectivity index is 2.01. The van der Waals surface area contributed by atoms with E-state index in [1.54, 1.807) is 0 Å². The van der Waals surface area contributed by atoms with Gasteiger partial charge in [-0.2, -0.15) is 5.10 Å². The molecule has 20 heavy (non-hydrogen) atoms. The van der Waals surface area contributed by atoms with E-state index in [9.17, 15) is 9.59 Å². The molecule has 1 amide bonds. The van der Waals surface area contributed by atoms with E-state index >= 15 is 0 Å². The Labute approximate surface area is 117 Å². The Morgan fingerprint density at radius 1 is 1.45 bits per heavy atom. The number of anilines is 1. The number of carboxylic acids is 1. The number of amides is 1. The van der Waals surface area contributed by atoms with Crippen LogP contribution >= 0.6 is 0 Å². The second-order valence-corrected chi connectivity index (χ2v) is 5.36. The van der Waals surface area contributed by atoms with E-state index in [-0.39, 0.29) is 23.5 Å². The van der Waals surface area contributed by atoms with Crippen LogP contribution in [0.1, 0.15) is 44.1 Å². The lowest BCUT2D eigenvalue weighted by Crippen LogP contribution is -2.46. The monoisotopic (exact) mass is 280 g/mol. The number of nitrogens with one attached hydrogen (secondary N) is 2. The fraction of sp³-hybridized carbons (Fsp3) is 0.615. The van der Waals surface area contributed by atoms with Crippen LogP contribution in [0.2, 0.25) is 0 Å². The van der Waals surface area contributed by atoms with Crippen LogP contribution in [0.3, 0.4) is 0 Å². The molecule has 1 aromatic rings. The molecule has 1 aromatic heterocycles. The number of rotatable bonds is 4. The smallest absolute Gasteiger partial charge is 0.353 e. The van der Waals surface area contributed by atoms with Crippen molar-refractivity contribution in [3.63, 3.8) is 0 Å². The van der Waals surface area contributed by atoms with Gasteiger partial charge in [-0.3, -0.25) is 14.8 Å². The first-order valence-corrected chi connectivity index (χ1v) is 6.77. The van der Waals surface area contributed by atoms with Crippen molar-refractivity contribution in [1.82, 2.24) is 15.1 Å². The average Bonchev–Trinajstić information content (AvgIpc) is 2.96. The third kappa shape index (κ3) is 2.82. The number of nitrogens with zero attached hydrogens (tertiary/aromatic N) is 2. The van der Waals surface area contributed by atoms with E-state index in [0.717, 1.165) is 12.8 Å². The third-order valence-electron chi connectivity index (χ3n) is 3.91. The minimum absolute atomic E-state index is 0.0455. The maximum Gasteiger partial charge on any atom is 0.353 e. The number of hydrogen-bond acceptors (Lipinski definition) is 4. The van der Waals surface area contributed by atoms with Gasteiger partial charge in [-0.25, -0.2) is 4.79 Å². The number of carboxylic acid groups (broad SMARTS) is 1. The summed E-state index contributed by atoms with van der Waals surface area (Å²) >= 11 is 0. The number of likely N-dealkylation sites (tertiary alicyclic amines) is 1. The highest BCUT2D eigenvalue weighted by molar-refractivity contribution is 5.95. The zero-order valence-electron chi connectivity index (χ0n) is 11.9. The van der Waals surface area contributed by atoms with E-state index in [1.807, 2.05) is 6.92 Å². The van der Waals surface area contributed by atoms with Crippen LogP contribution in [0.25, 0.3) is 0 Å². The topological polar surface area (TPSA) is 98.3 Å². The molecular formula is C13H20N4O3. The fourth-order valence-corrected chi connectivity index (χ4v) is 2.84. The standard InChI is InChI=1S/C13H20N4O3/c1-7-4-5-8(2)17(7)9(3)12(18)14-11-6-10(13(19)20)15-16-11/h6-9H,4-5H2,1-3H3,(H,19,20)(H2,14,15,16,18). The number of carbonyl (C=O) groups is 2. The highest BCUT2D eigenvalue weighted by Gasteiger charge is 2.34. The molecule has 1 fully saturated rings. The van der Waals surface area contributed by atoms with Crippen LogP contribution in [0, 0.1) is 0 Å². The summed E-state index contributed by atoms with van der Waals surface area (Å²) in [7, 11) is 0. The molecule has 1 saturated heterocycles. The number of H-pyrrole nitrogens is 1. The highest BCUT2D eigenvalue weighted by atomic mass is 16.4. The molecule has 7 heteroatoms. The molecule has 0 saturated carbocycles. The van der Waals surface area contributed by atoms with Gasteiger partial charge in [-0.15, -0.1) is 0 Å². The van der Waals surface area contributed by atoms with Gasteiger partial charge in [-0.05, 0) is 33.6 Å². The van der Waals surface area contributed by atoms with Crippen molar-refractivity contribution in [3.8, 4) is 0 Å². The molecule has 1 aliphatic rings. The summed E-state index contributed by atoms with van der Waals surface area (Å²) in [4.78, 5) is 25.1. The highest BCUT2D eigenvalue weighted by Crippen LogP contribution is 2.26. The minimum atomic E-state index is -1.10. The molecule has 2 heterocycles. The van der Waals surface area contributed by atoms with Gasteiger partial charge in [0.1, 0.15) is 5.69 Å². The van der Waals surface area contributed by atoms with Crippen molar-refractivity contribution in [3.05, 3.63) is 11.8 Å². The molecule has 3 N–H and O–H groups in total. The predicted molar refractivity (Wildman–Crippen MR) is 73.6 cm³/mol. The molecule has 2 rings (SSSR count). The van der Waals surface area contributed by atoms with Crippen LogP contribution in [0.5, 0.6) is 0 Å². The lowest BCUT2D eigenvalue weighted by atomic mass is 10.2. The number of aromatic amines is 1. The Hall–Kier alpha value is -1.89. The van der Waals surface area contributed by atoms with E-state index in [1.165, 1.54) is 6.07 Å². The lowest BCUT2D eigenvalue weighted by Gasteiger charge is -2.31. The largest absolute Gasteiger partial charge is 0.477 e. The van der Waals surface area contributed by atoms with Crippen molar-refractivity contribution in [2.24, 2.45) is 0 Å². The number of carbonyl (C=O) groups excluding carboxylic acids is 1. The molecule has 7 nitrogen and oxygen atoms in total. The van der Waals surface area contributed by atoms with Gasteiger partial charge < -0.3 is 10.4 Å². The maximum atomic E-state index is 12.2. The number of hydrogen-bond donors (Lipinski definition) is 3. The van der Waals surface area contributed by atoms with Gasteiger partial charge in [0.2, 0.25) is 5.91 Å². The molecule has 0 radical (unpaired) electrons. The SMILES string of the molecule is CC1CCC(C)N1C(C)C(=O)Nc1cc(C(=O)O)[nH]n1. The summed E-state index contributed by atoms with van der Waals surface area (Å²) < 4.78 is 0. The van der Waals surface area contributed by atoms with Gasteiger partial charge in [0.15, 0.2) is 5.82 Å². The van der Waals surface area contributed by atoms with Crippen LogP contribution in [0.4, 0.5) is 5.82 Å². The van der Waals surface area contributed by atoms with Gasteiger partial charge in [0.25, 0.3) is 0 Å². The van der Waals surface area contributed by atoms with Crippen molar-refractivity contribution < 1.29 is 14.7 Å². The van der Waals surface area contributed by atoms with Crippen molar-refractivity contribution in [2.75, 3.05) is 5.32 Å². The van der Waals surface area contributed by atoms with Crippen LogP contribution in [-0.2, 0) is 4.79 Å². The van der Waals surface area contributed by atoms with Crippen molar-refractivity contribution >= 4 is 17.7 Å². The first-order chi connectivity index (χ1) is 9.40. The summed E-state index contributed by atoms with van der Waals surface area (Å²) in [5, 5.41) is 17.6. The van der Waals surface area contributed by atoms with Gasteiger partial charge in [-0.1, -0.05) is 0 Å². The molecule has 1 aliphatic heterocycles. The normalized spacial score (nSPS) is 24.6. The summed E-state index contributed by atoms with van der Waals surface area (Å²) in [6.45, 7) is 6.09. The Kier molecular flexibility index (Phi) is 4.08. The van der Waals surface area contributed by atoms with Crippen LogP contribution in [0.15, 0.2) is 6.07 Å². The quantitative estimate of drug-likeness (QED) is 0.772. The number of aromatic carboxylic acids is 1. The van der Waals surface area contributed by atoms with Gasteiger partial charge >= 0.3 is 5.97 Å². The molecule has 3 atom stereocenters. The third-order valence-corrected chi connectivity index (χ3v) is 3.91. The Morgan fingerprint density at radius 2 is 2.05 bits per heavy atom. The van der Waals surface area contributed by atoms with Crippen molar-refractivity contribution in [1.29, 1.82) is 0 Å². The predicted octanol–water partition coefficient (Wildman–Crippen LogP) is 1.31. The van der Waals surface area contributed by atoms with Crippen molar-refractivity contribution in [2.45, 2.75) is 51.7 Å². The summed E-state index contributed by atoms with van der Waals surface area (Å²) in [5.41, 5.74) is -0.0455. The van der Waals surface area contributed by atoms with Crippen LogP contribution in [-0.4, -0.2) is 50.2 Å². The Morgan fingerprint density at radius 3 is 2.55 bits per heavy atom. The first-order valence-electron chi connectivity index (χ1n) is 6.77. The van der Waals surface area contributed by atoms with Gasteiger partial charge in [0.05, 0.1) is 6.04 Å². The zero-order chi connectivity index (χ0) is 14.9. The number of aromatic nitrogens is 2. The van der Waals surface area contributed by atoms with E-state index in [2.05, 4.69) is 34.3 Å². The fourth-order valence-electron chi connectivity index (χ4n) is 2.84. The molecule has 3 unspecified atom stereocenters. The maximum absolute atomic E-state index is 12.2. The Bertz CT molecular complexity index is 503. The second kappa shape index (κ2) is 5.62. The van der Waals surface area contributed by atoms with E-state index < -0.39 is 5.97 Å². The summed E-state index contributed by atoms with van der Waals surface area (Å²) in [6.07, 6.45) is 2.18. The molecule has 0 bridgehead atoms. The zero-order valence-corrected chi connectivity index (χ0v) is 11.9. The summed E-state index contributed by atoms with van der Waals surface area (Å²) in [5.74, 6) is -1.04. The van der Waals surface area contributed by atoms with Gasteiger partial charge in [0, 0.05) is 18.2 Å². The van der Waals surface area contributed by atoms with E-state index in [0.29, 0.717) is 12.1 Å². The molecular weight excluding hydrogens is 260 g/mol. The molecule has 110 valence electrons. The minimum Gasteiger partial charge on any atom is -0.477 e. The molecule has 0 aromatic carbocycles. The second-order valence-electron chi connectivity index (χ2n) is 5.36. The first kappa shape index (κ1) is 14.5. The lowest BCUT2D eigenvalue weighted by molar-refractivity contribution is -0.121. The van der Waals surface area contributed by atoms with E-state index in [4.69, 9.17) is 5.11 Å². The van der Waals surface area contributed by atoms with Crippen LogP contribution < -0.4 is 5.32 Å². The molecule has 0 aliphatic carbocycles. The summed E-state index contributed by atoms with van der Waals surface area (Å²) in [6, 6.07) is 1.79.